The van der Waals surface area contributed by atoms with Crippen LogP contribution in [0.4, 0.5) is 4.79 Å². The van der Waals surface area contributed by atoms with Crippen molar-refractivity contribution >= 4 is 11.9 Å². The van der Waals surface area contributed by atoms with Crippen LogP contribution >= 0.6 is 0 Å². The van der Waals surface area contributed by atoms with Crippen molar-refractivity contribution in [2.24, 2.45) is 5.92 Å². The van der Waals surface area contributed by atoms with E-state index in [-0.39, 0.29) is 17.9 Å². The number of piperidine rings is 1. The summed E-state index contributed by atoms with van der Waals surface area (Å²) in [6, 6.07) is 0.156. The van der Waals surface area contributed by atoms with Gasteiger partial charge in [-0.1, -0.05) is 0 Å². The van der Waals surface area contributed by atoms with Crippen LogP contribution in [0, 0.1) is 5.92 Å². The number of carbonyl (C=O) groups is 2. The highest BCUT2D eigenvalue weighted by atomic mass is 16.5. The third-order valence-corrected chi connectivity index (χ3v) is 4.60. The quantitative estimate of drug-likeness (QED) is 0.659. The van der Waals surface area contributed by atoms with Gasteiger partial charge in [0.05, 0.1) is 6.61 Å². The third-order valence-electron chi connectivity index (χ3n) is 4.60. The Kier molecular flexibility index (Phi) is 7.61. The summed E-state index contributed by atoms with van der Waals surface area (Å²) in [6.07, 6.45) is 3.76. The number of hydrogen-bond donors (Lipinski definition) is 2. The molecule has 0 atom stereocenters. The molecule has 0 unspecified atom stereocenters. The molecule has 7 nitrogen and oxygen atoms in total. The lowest BCUT2D eigenvalue weighted by Gasteiger charge is -2.34. The Bertz CT molecular complexity index is 378. The molecule has 3 amide bonds. The molecule has 2 rings (SSSR count). The Morgan fingerprint density at radius 2 is 1.65 bits per heavy atom. The topological polar surface area (TPSA) is 73.9 Å². The van der Waals surface area contributed by atoms with Gasteiger partial charge in [-0.15, -0.1) is 0 Å². The van der Waals surface area contributed by atoms with E-state index in [0.29, 0.717) is 26.2 Å². The van der Waals surface area contributed by atoms with E-state index >= 15 is 0 Å². The number of carbonyl (C=O) groups excluding carboxylic acids is 2. The van der Waals surface area contributed by atoms with Gasteiger partial charge in [-0.05, 0) is 25.7 Å². The molecule has 2 fully saturated rings. The Balaban J connectivity index is 1.59. The predicted molar refractivity (Wildman–Crippen MR) is 88.3 cm³/mol. The van der Waals surface area contributed by atoms with Crippen LogP contribution in [0.3, 0.4) is 0 Å². The molecular weight excluding hydrogens is 296 g/mol. The van der Waals surface area contributed by atoms with E-state index in [2.05, 4.69) is 10.6 Å². The summed E-state index contributed by atoms with van der Waals surface area (Å²) in [5, 5.41) is 6.17. The van der Waals surface area contributed by atoms with E-state index in [1.54, 1.807) is 7.11 Å². The van der Waals surface area contributed by atoms with Crippen molar-refractivity contribution in [1.82, 2.24) is 20.4 Å². The maximum Gasteiger partial charge on any atom is 0.319 e. The normalized spacial score (nSPS) is 19.2. The number of nitrogens with one attached hydrogen (secondary N) is 2. The summed E-state index contributed by atoms with van der Waals surface area (Å²) in [4.78, 5) is 28.3. The summed E-state index contributed by atoms with van der Waals surface area (Å²) in [7, 11) is 1.67. The molecule has 2 N–H and O–H groups in total. The first-order chi connectivity index (χ1) is 11.2. The van der Waals surface area contributed by atoms with E-state index in [9.17, 15) is 9.59 Å². The van der Waals surface area contributed by atoms with Crippen LogP contribution in [-0.4, -0.2) is 81.3 Å². The highest BCUT2D eigenvalue weighted by Gasteiger charge is 2.30. The summed E-state index contributed by atoms with van der Waals surface area (Å²) >= 11 is 0. The van der Waals surface area contributed by atoms with Gasteiger partial charge in [-0.2, -0.15) is 0 Å². The van der Waals surface area contributed by atoms with Crippen molar-refractivity contribution in [1.29, 1.82) is 0 Å². The molecule has 2 aliphatic heterocycles. The third kappa shape index (κ3) is 5.66. The van der Waals surface area contributed by atoms with E-state index in [4.69, 9.17) is 4.74 Å². The lowest BCUT2D eigenvalue weighted by Crippen LogP contribution is -2.48. The summed E-state index contributed by atoms with van der Waals surface area (Å²) in [5.74, 6) is 0.156. The van der Waals surface area contributed by atoms with Gasteiger partial charge in [0, 0.05) is 58.8 Å². The van der Waals surface area contributed by atoms with Crippen LogP contribution < -0.4 is 10.6 Å². The van der Waals surface area contributed by atoms with E-state index in [1.807, 2.05) is 9.80 Å². The molecule has 2 aliphatic rings. The van der Waals surface area contributed by atoms with Crippen molar-refractivity contribution < 1.29 is 14.3 Å². The second-order valence-electron chi connectivity index (χ2n) is 6.27. The minimum Gasteiger partial charge on any atom is -0.383 e. The largest absolute Gasteiger partial charge is 0.383 e. The number of amides is 3. The molecule has 7 heteroatoms. The summed E-state index contributed by atoms with van der Waals surface area (Å²) in [5.41, 5.74) is 0. The Morgan fingerprint density at radius 3 is 2.30 bits per heavy atom. The minimum atomic E-state index is 0.0385. The fraction of sp³-hybridized carbons (Fsp3) is 0.875. The van der Waals surface area contributed by atoms with Crippen LogP contribution in [0.25, 0.3) is 0 Å². The van der Waals surface area contributed by atoms with Crippen LogP contribution in [0.2, 0.25) is 0 Å². The predicted octanol–water partition coefficient (Wildman–Crippen LogP) is 0.266. The lowest BCUT2D eigenvalue weighted by molar-refractivity contribution is -0.126. The zero-order valence-corrected chi connectivity index (χ0v) is 14.2. The van der Waals surface area contributed by atoms with Gasteiger partial charge in [0.1, 0.15) is 0 Å². The average molecular weight is 326 g/mol. The van der Waals surface area contributed by atoms with Crippen LogP contribution in [-0.2, 0) is 9.53 Å². The fourth-order valence-corrected chi connectivity index (χ4v) is 3.16. The first-order valence-corrected chi connectivity index (χ1v) is 8.73. The smallest absolute Gasteiger partial charge is 0.319 e. The molecular formula is C16H30N4O3. The fourth-order valence-electron chi connectivity index (χ4n) is 3.16. The summed E-state index contributed by atoms with van der Waals surface area (Å²) in [6.45, 7) is 6.02. The van der Waals surface area contributed by atoms with Gasteiger partial charge in [0.15, 0.2) is 0 Å². The molecule has 0 aliphatic carbocycles. The van der Waals surface area contributed by atoms with Gasteiger partial charge in [0.2, 0.25) is 5.91 Å². The van der Waals surface area contributed by atoms with Crippen LogP contribution in [0.5, 0.6) is 0 Å². The molecule has 0 saturated carbocycles. The average Bonchev–Trinajstić information content (AvgIpc) is 3.12. The maximum absolute atomic E-state index is 12.3. The first kappa shape index (κ1) is 18.0. The van der Waals surface area contributed by atoms with Crippen LogP contribution in [0.15, 0.2) is 0 Å². The number of methoxy groups -OCH3 is 1. The minimum absolute atomic E-state index is 0.0385. The Morgan fingerprint density at radius 1 is 1.00 bits per heavy atom. The SMILES string of the molecule is COCCNCCNC(=O)C1CCN(C(=O)N2CCCC2)CC1. The molecule has 23 heavy (non-hydrogen) atoms. The molecule has 2 heterocycles. The van der Waals surface area contributed by atoms with Gasteiger partial charge >= 0.3 is 6.03 Å². The standard InChI is InChI=1S/C16H30N4O3/c1-23-13-8-17-6-7-18-15(21)14-4-11-20(12-5-14)16(22)19-9-2-3-10-19/h14,17H,2-13H2,1H3,(H,18,21). The lowest BCUT2D eigenvalue weighted by atomic mass is 9.96. The van der Waals surface area contributed by atoms with Crippen molar-refractivity contribution in [3.05, 3.63) is 0 Å². The number of ether oxygens (including phenoxy) is 1. The van der Waals surface area contributed by atoms with Crippen molar-refractivity contribution in [2.45, 2.75) is 25.7 Å². The molecule has 0 aromatic rings. The Hall–Kier alpha value is -1.34. The first-order valence-electron chi connectivity index (χ1n) is 8.73. The Labute approximate surface area is 138 Å². The van der Waals surface area contributed by atoms with Crippen molar-refractivity contribution in [3.8, 4) is 0 Å². The summed E-state index contributed by atoms with van der Waals surface area (Å²) < 4.78 is 4.95. The second kappa shape index (κ2) is 9.72. The molecule has 2 saturated heterocycles. The monoisotopic (exact) mass is 326 g/mol. The number of rotatable bonds is 7. The highest BCUT2D eigenvalue weighted by molar-refractivity contribution is 5.79. The van der Waals surface area contributed by atoms with E-state index in [0.717, 1.165) is 51.9 Å². The number of likely N-dealkylation sites (tertiary alicyclic amines) is 2. The number of urea groups is 1. The van der Waals surface area contributed by atoms with Crippen LogP contribution in [0.1, 0.15) is 25.7 Å². The molecule has 0 radical (unpaired) electrons. The van der Waals surface area contributed by atoms with Crippen molar-refractivity contribution in [2.75, 3.05) is 59.5 Å². The second-order valence-corrected chi connectivity index (χ2v) is 6.27. The molecule has 0 aromatic carbocycles. The maximum atomic E-state index is 12.3. The molecule has 132 valence electrons. The number of hydrogen-bond acceptors (Lipinski definition) is 4. The molecule has 0 spiro atoms. The van der Waals surface area contributed by atoms with Crippen molar-refractivity contribution in [3.63, 3.8) is 0 Å². The van der Waals surface area contributed by atoms with E-state index in [1.165, 1.54) is 0 Å². The number of nitrogens with zero attached hydrogens (tertiary/aromatic N) is 2. The highest BCUT2D eigenvalue weighted by Crippen LogP contribution is 2.20. The zero-order valence-electron chi connectivity index (χ0n) is 14.2. The molecule has 0 aromatic heterocycles. The van der Waals surface area contributed by atoms with Gasteiger partial charge in [-0.25, -0.2) is 4.79 Å². The van der Waals surface area contributed by atoms with Gasteiger partial charge in [0.25, 0.3) is 0 Å². The van der Waals surface area contributed by atoms with Gasteiger partial charge in [-0.3, -0.25) is 4.79 Å². The van der Waals surface area contributed by atoms with E-state index < -0.39 is 0 Å². The molecule has 0 bridgehead atoms. The zero-order chi connectivity index (χ0) is 16.5. The van der Waals surface area contributed by atoms with Gasteiger partial charge < -0.3 is 25.2 Å².